The topological polar surface area (TPSA) is 88.8 Å². The highest BCUT2D eigenvalue weighted by atomic mass is 32.2. The molecule has 3 N–H and O–H groups in total. The Bertz CT molecular complexity index is 715. The van der Waals surface area contributed by atoms with Crippen LogP contribution in [0.25, 0.3) is 11.0 Å². The van der Waals surface area contributed by atoms with E-state index in [1.165, 1.54) is 0 Å². The lowest BCUT2D eigenvalue weighted by atomic mass is 10.1. The maximum absolute atomic E-state index is 12.2. The average Bonchev–Trinajstić information content (AvgIpc) is 2.96. The number of fused-ring (bicyclic) bond motifs is 1. The molecule has 0 unspecified atom stereocenters. The van der Waals surface area contributed by atoms with Gasteiger partial charge in [-0.2, -0.15) is 0 Å². The first kappa shape index (κ1) is 13.4. The van der Waals surface area contributed by atoms with Crippen LogP contribution in [0.1, 0.15) is 31.5 Å². The van der Waals surface area contributed by atoms with Crippen LogP contribution in [0.15, 0.2) is 18.2 Å². The average molecular weight is 293 g/mol. The van der Waals surface area contributed by atoms with E-state index in [-0.39, 0.29) is 11.5 Å². The number of nitrogens with zero attached hydrogens (tertiary/aromatic N) is 1. The Hall–Kier alpha value is -1.56. The molecule has 0 atom stereocenters. The Morgan fingerprint density at radius 3 is 2.80 bits per heavy atom. The fourth-order valence-corrected chi connectivity index (χ4v) is 4.67. The zero-order valence-corrected chi connectivity index (χ0v) is 12.1. The van der Waals surface area contributed by atoms with Crippen LogP contribution >= 0.6 is 0 Å². The largest absolute Gasteiger partial charge is 0.399 e. The van der Waals surface area contributed by atoms with Gasteiger partial charge in [-0.05, 0) is 37.0 Å². The third-order valence-electron chi connectivity index (χ3n) is 3.88. The molecule has 5 nitrogen and oxygen atoms in total. The van der Waals surface area contributed by atoms with Gasteiger partial charge in [0.1, 0.15) is 11.6 Å². The molecule has 6 heteroatoms. The summed E-state index contributed by atoms with van der Waals surface area (Å²) in [5, 5.41) is 0. The number of imidazole rings is 1. The van der Waals surface area contributed by atoms with E-state index in [0.717, 1.165) is 36.7 Å². The molecule has 20 heavy (non-hydrogen) atoms. The van der Waals surface area contributed by atoms with Gasteiger partial charge in [0.05, 0.1) is 16.8 Å². The van der Waals surface area contributed by atoms with Crippen LogP contribution in [-0.4, -0.2) is 24.1 Å². The van der Waals surface area contributed by atoms with Crippen molar-refractivity contribution in [3.63, 3.8) is 0 Å². The van der Waals surface area contributed by atoms with Crippen LogP contribution in [0, 0.1) is 5.92 Å². The van der Waals surface area contributed by atoms with Gasteiger partial charge in [0, 0.05) is 5.69 Å². The fourth-order valence-electron chi connectivity index (χ4n) is 2.95. The second-order valence-electron chi connectivity index (χ2n) is 5.67. The number of hydrogen-bond donors (Lipinski definition) is 2. The van der Waals surface area contributed by atoms with E-state index in [4.69, 9.17) is 5.73 Å². The van der Waals surface area contributed by atoms with Gasteiger partial charge < -0.3 is 10.7 Å². The molecule has 1 aliphatic carbocycles. The zero-order valence-electron chi connectivity index (χ0n) is 11.3. The summed E-state index contributed by atoms with van der Waals surface area (Å²) >= 11 is 0. The summed E-state index contributed by atoms with van der Waals surface area (Å²) in [5.74, 6) is 1.10. The molecular weight excluding hydrogens is 274 g/mol. The standard InChI is InChI=1S/C14H19N3O2S/c15-11-5-6-12-13(7-11)17-14(16-12)9-20(18,19)8-10-3-1-2-4-10/h5-7,10H,1-4,8-9,15H2,(H,16,17). The van der Waals surface area contributed by atoms with Crippen molar-refractivity contribution in [2.24, 2.45) is 5.92 Å². The van der Waals surface area contributed by atoms with Gasteiger partial charge in [-0.25, -0.2) is 13.4 Å². The first-order chi connectivity index (χ1) is 9.52. The minimum absolute atomic E-state index is 0.0158. The third-order valence-corrected chi connectivity index (χ3v) is 5.57. The Morgan fingerprint density at radius 1 is 1.30 bits per heavy atom. The second-order valence-corrected chi connectivity index (χ2v) is 7.77. The smallest absolute Gasteiger partial charge is 0.157 e. The van der Waals surface area contributed by atoms with E-state index in [2.05, 4.69) is 9.97 Å². The highest BCUT2D eigenvalue weighted by molar-refractivity contribution is 7.90. The number of aromatic nitrogens is 2. The number of anilines is 1. The van der Waals surface area contributed by atoms with Gasteiger partial charge in [-0.3, -0.25) is 0 Å². The highest BCUT2D eigenvalue weighted by Gasteiger charge is 2.23. The first-order valence-corrected chi connectivity index (χ1v) is 8.78. The molecular formula is C14H19N3O2S. The van der Waals surface area contributed by atoms with Crippen molar-refractivity contribution in [1.29, 1.82) is 0 Å². The van der Waals surface area contributed by atoms with E-state index in [1.54, 1.807) is 18.2 Å². The summed E-state index contributed by atoms with van der Waals surface area (Å²) in [6.45, 7) is 0. The first-order valence-electron chi connectivity index (χ1n) is 6.96. The molecule has 0 amide bonds. The number of nitrogen functional groups attached to an aromatic ring is 1. The number of rotatable bonds is 4. The predicted molar refractivity (Wildman–Crippen MR) is 80.0 cm³/mol. The molecule has 1 aliphatic rings. The normalized spacial score (nSPS) is 17.0. The van der Waals surface area contributed by atoms with E-state index < -0.39 is 9.84 Å². The number of nitrogens with one attached hydrogen (secondary N) is 1. The maximum Gasteiger partial charge on any atom is 0.157 e. The lowest BCUT2D eigenvalue weighted by Crippen LogP contribution is -2.16. The lowest BCUT2D eigenvalue weighted by Gasteiger charge is -2.08. The predicted octanol–water partition coefficient (Wildman–Crippen LogP) is 2.25. The lowest BCUT2D eigenvalue weighted by molar-refractivity contribution is 0.557. The molecule has 0 aliphatic heterocycles. The molecule has 0 saturated heterocycles. The van der Waals surface area contributed by atoms with E-state index in [0.29, 0.717) is 17.4 Å². The SMILES string of the molecule is Nc1ccc2nc(CS(=O)(=O)CC3CCCC3)[nH]c2c1. The molecule has 3 rings (SSSR count). The van der Waals surface area contributed by atoms with Gasteiger partial charge in [-0.15, -0.1) is 0 Å². The number of aromatic amines is 1. The molecule has 1 saturated carbocycles. The number of nitrogens with two attached hydrogens (primary N) is 1. The van der Waals surface area contributed by atoms with E-state index in [9.17, 15) is 8.42 Å². The number of sulfone groups is 1. The van der Waals surface area contributed by atoms with E-state index >= 15 is 0 Å². The van der Waals surface area contributed by atoms with Crippen molar-refractivity contribution in [1.82, 2.24) is 9.97 Å². The molecule has 0 spiro atoms. The van der Waals surface area contributed by atoms with Crippen molar-refractivity contribution >= 4 is 26.6 Å². The maximum atomic E-state index is 12.2. The summed E-state index contributed by atoms with van der Waals surface area (Å²) in [6.07, 6.45) is 4.39. The van der Waals surface area contributed by atoms with Gasteiger partial charge in [0.2, 0.25) is 0 Å². The molecule has 1 fully saturated rings. The molecule has 0 bridgehead atoms. The zero-order chi connectivity index (χ0) is 14.2. The van der Waals surface area contributed by atoms with Crippen molar-refractivity contribution in [3.8, 4) is 0 Å². The van der Waals surface area contributed by atoms with E-state index in [1.807, 2.05) is 0 Å². The highest BCUT2D eigenvalue weighted by Crippen LogP contribution is 2.27. The van der Waals surface area contributed by atoms with Crippen LogP contribution in [0.4, 0.5) is 5.69 Å². The van der Waals surface area contributed by atoms with Crippen LogP contribution in [-0.2, 0) is 15.6 Å². The fraction of sp³-hybridized carbons (Fsp3) is 0.500. The summed E-state index contributed by atoms with van der Waals surface area (Å²) < 4.78 is 24.4. The molecule has 1 aromatic carbocycles. The molecule has 0 radical (unpaired) electrons. The summed E-state index contributed by atoms with van der Waals surface area (Å²) in [4.78, 5) is 7.37. The quantitative estimate of drug-likeness (QED) is 0.846. The Balaban J connectivity index is 1.77. The van der Waals surface area contributed by atoms with Gasteiger partial charge >= 0.3 is 0 Å². The number of benzene rings is 1. The summed E-state index contributed by atoms with van der Waals surface area (Å²) in [6, 6.07) is 5.34. The van der Waals surface area contributed by atoms with Crippen LogP contribution in [0.5, 0.6) is 0 Å². The van der Waals surface area contributed by atoms with Crippen molar-refractivity contribution < 1.29 is 8.42 Å². The molecule has 108 valence electrons. The van der Waals surface area contributed by atoms with Crippen LogP contribution < -0.4 is 5.73 Å². The Morgan fingerprint density at radius 2 is 2.05 bits per heavy atom. The molecule has 1 aromatic heterocycles. The van der Waals surface area contributed by atoms with Crippen molar-refractivity contribution in [3.05, 3.63) is 24.0 Å². The van der Waals surface area contributed by atoms with Crippen molar-refractivity contribution in [2.75, 3.05) is 11.5 Å². The summed E-state index contributed by atoms with van der Waals surface area (Å²) in [7, 11) is -3.10. The molecule has 1 heterocycles. The molecule has 2 aromatic rings. The second kappa shape index (κ2) is 5.09. The summed E-state index contributed by atoms with van der Waals surface area (Å²) in [5.41, 5.74) is 7.89. The van der Waals surface area contributed by atoms with Gasteiger partial charge in [0.15, 0.2) is 9.84 Å². The Labute approximate surface area is 118 Å². The third kappa shape index (κ3) is 2.95. The van der Waals surface area contributed by atoms with Crippen molar-refractivity contribution in [2.45, 2.75) is 31.4 Å². The van der Waals surface area contributed by atoms with Gasteiger partial charge in [0.25, 0.3) is 0 Å². The minimum atomic E-state index is -3.10. The monoisotopic (exact) mass is 293 g/mol. The van der Waals surface area contributed by atoms with Crippen LogP contribution in [0.2, 0.25) is 0 Å². The van der Waals surface area contributed by atoms with Crippen LogP contribution in [0.3, 0.4) is 0 Å². The Kier molecular flexibility index (Phi) is 3.41. The van der Waals surface area contributed by atoms with Gasteiger partial charge in [-0.1, -0.05) is 12.8 Å². The minimum Gasteiger partial charge on any atom is -0.399 e. The number of hydrogen-bond acceptors (Lipinski definition) is 4. The number of H-pyrrole nitrogens is 1.